The van der Waals surface area contributed by atoms with E-state index < -0.39 is 10.2 Å². The molecule has 9 heteroatoms. The first kappa shape index (κ1) is 17.4. The molecule has 0 amide bonds. The molecule has 1 aromatic rings. The van der Waals surface area contributed by atoms with Crippen molar-refractivity contribution < 1.29 is 12.9 Å². The molecule has 0 unspecified atom stereocenters. The van der Waals surface area contributed by atoms with Crippen molar-refractivity contribution in [1.29, 1.82) is 0 Å². The van der Waals surface area contributed by atoms with E-state index in [4.69, 9.17) is 4.52 Å². The molecule has 0 spiro atoms. The summed E-state index contributed by atoms with van der Waals surface area (Å²) in [4.78, 5) is 6.77. The molecule has 0 N–H and O–H groups in total. The van der Waals surface area contributed by atoms with Gasteiger partial charge in [0.1, 0.15) is 0 Å². The molecule has 0 radical (unpaired) electrons. The molecule has 0 atom stereocenters. The zero-order chi connectivity index (χ0) is 17.3. The Bertz CT molecular complexity index is 672. The molecule has 0 bridgehead atoms. The van der Waals surface area contributed by atoms with Crippen LogP contribution in [0.4, 0.5) is 0 Å². The molecule has 0 aromatic carbocycles. The molecule has 3 aliphatic rings. The largest absolute Gasteiger partial charge is 0.339 e. The van der Waals surface area contributed by atoms with Crippen LogP contribution in [0.2, 0.25) is 0 Å². The highest BCUT2D eigenvalue weighted by atomic mass is 32.2. The van der Waals surface area contributed by atoms with Gasteiger partial charge in [0.15, 0.2) is 5.82 Å². The fourth-order valence-electron chi connectivity index (χ4n) is 4.07. The van der Waals surface area contributed by atoms with E-state index >= 15 is 0 Å². The molecule has 8 nitrogen and oxygen atoms in total. The lowest BCUT2D eigenvalue weighted by Gasteiger charge is -2.35. The average Bonchev–Trinajstić information content (AvgIpc) is 3.37. The maximum Gasteiger partial charge on any atom is 0.282 e. The van der Waals surface area contributed by atoms with E-state index in [1.165, 1.54) is 12.8 Å². The standard InChI is InChI=1S/C16H27N5O3S/c22-25(23,20-7-3-4-8-20)21-11-9-19(10-12-21)13-15-17-16(24-18-15)14-5-1-2-6-14/h14H,1-13H2. The Morgan fingerprint density at radius 2 is 1.56 bits per heavy atom. The number of hydrogen-bond acceptors (Lipinski definition) is 6. The van der Waals surface area contributed by atoms with Crippen molar-refractivity contribution in [1.82, 2.24) is 23.7 Å². The number of nitrogens with zero attached hydrogens (tertiary/aromatic N) is 5. The average molecular weight is 369 g/mol. The first-order valence-corrected chi connectivity index (χ1v) is 10.8. The van der Waals surface area contributed by atoms with Crippen LogP contribution in [0.5, 0.6) is 0 Å². The van der Waals surface area contributed by atoms with Crippen LogP contribution in [0.3, 0.4) is 0 Å². The number of piperazine rings is 1. The van der Waals surface area contributed by atoms with E-state index in [-0.39, 0.29) is 0 Å². The Balaban J connectivity index is 1.30. The van der Waals surface area contributed by atoms with Gasteiger partial charge in [-0.05, 0) is 25.7 Å². The summed E-state index contributed by atoms with van der Waals surface area (Å²) in [6.45, 7) is 4.44. The van der Waals surface area contributed by atoms with Gasteiger partial charge in [0.2, 0.25) is 5.89 Å². The van der Waals surface area contributed by atoms with Crippen LogP contribution in [0.25, 0.3) is 0 Å². The summed E-state index contributed by atoms with van der Waals surface area (Å²) in [5.74, 6) is 1.93. The maximum absolute atomic E-state index is 12.6. The van der Waals surface area contributed by atoms with E-state index in [0.717, 1.165) is 37.4 Å². The van der Waals surface area contributed by atoms with Crippen LogP contribution in [0, 0.1) is 0 Å². The maximum atomic E-state index is 12.6. The Kier molecular flexibility index (Phi) is 5.08. The molecule has 140 valence electrons. The van der Waals surface area contributed by atoms with Crippen molar-refractivity contribution in [3.8, 4) is 0 Å². The zero-order valence-corrected chi connectivity index (χ0v) is 15.5. The van der Waals surface area contributed by atoms with Crippen LogP contribution in [0.1, 0.15) is 56.2 Å². The molecule has 3 fully saturated rings. The van der Waals surface area contributed by atoms with Crippen molar-refractivity contribution >= 4 is 10.2 Å². The lowest BCUT2D eigenvalue weighted by molar-refractivity contribution is 0.171. The second-order valence-corrected chi connectivity index (χ2v) is 9.25. The summed E-state index contributed by atoms with van der Waals surface area (Å²) in [7, 11) is -3.27. The van der Waals surface area contributed by atoms with Gasteiger partial charge in [-0.1, -0.05) is 18.0 Å². The molecule has 1 aliphatic carbocycles. The van der Waals surface area contributed by atoms with Crippen LogP contribution >= 0.6 is 0 Å². The van der Waals surface area contributed by atoms with Gasteiger partial charge in [-0.3, -0.25) is 4.90 Å². The molecular weight excluding hydrogens is 342 g/mol. The van der Waals surface area contributed by atoms with E-state index in [1.54, 1.807) is 8.61 Å². The first-order chi connectivity index (χ1) is 12.1. The van der Waals surface area contributed by atoms with Crippen LogP contribution in [-0.2, 0) is 16.8 Å². The van der Waals surface area contributed by atoms with Crippen molar-refractivity contribution in [2.24, 2.45) is 0 Å². The molecule has 25 heavy (non-hydrogen) atoms. The van der Waals surface area contributed by atoms with Gasteiger partial charge in [0, 0.05) is 45.2 Å². The van der Waals surface area contributed by atoms with E-state index in [9.17, 15) is 8.42 Å². The third-order valence-corrected chi connectivity index (χ3v) is 7.64. The minimum Gasteiger partial charge on any atom is -0.339 e. The molecule has 1 aromatic heterocycles. The van der Waals surface area contributed by atoms with Crippen LogP contribution in [-0.4, -0.2) is 71.3 Å². The fraction of sp³-hybridized carbons (Fsp3) is 0.875. The summed E-state index contributed by atoms with van der Waals surface area (Å²) in [6.07, 6.45) is 6.73. The van der Waals surface area contributed by atoms with Crippen molar-refractivity contribution in [2.45, 2.75) is 51.0 Å². The quantitative estimate of drug-likeness (QED) is 0.775. The first-order valence-electron chi connectivity index (χ1n) is 9.43. The summed E-state index contributed by atoms with van der Waals surface area (Å²) in [5, 5.41) is 4.12. The van der Waals surface area contributed by atoms with Gasteiger partial charge in [-0.2, -0.15) is 22.0 Å². The van der Waals surface area contributed by atoms with Gasteiger partial charge in [0.05, 0.1) is 6.54 Å². The van der Waals surface area contributed by atoms with Gasteiger partial charge < -0.3 is 4.52 Å². The van der Waals surface area contributed by atoms with Gasteiger partial charge >= 0.3 is 0 Å². The SMILES string of the molecule is O=S(=O)(N1CCCC1)N1CCN(Cc2noc(C3CCCC3)n2)CC1. The van der Waals surface area contributed by atoms with Crippen molar-refractivity contribution in [3.05, 3.63) is 11.7 Å². The highest BCUT2D eigenvalue weighted by Crippen LogP contribution is 2.33. The minimum absolute atomic E-state index is 0.434. The lowest BCUT2D eigenvalue weighted by Crippen LogP contribution is -2.52. The third-order valence-electron chi connectivity index (χ3n) is 5.60. The number of hydrogen-bond donors (Lipinski definition) is 0. The Hall–Kier alpha value is -1.03. The minimum atomic E-state index is -3.27. The Morgan fingerprint density at radius 1 is 0.920 bits per heavy atom. The zero-order valence-electron chi connectivity index (χ0n) is 14.6. The van der Waals surface area contributed by atoms with Crippen molar-refractivity contribution in [2.75, 3.05) is 39.3 Å². The second kappa shape index (κ2) is 7.30. The predicted molar refractivity (Wildman–Crippen MR) is 92.1 cm³/mol. The van der Waals surface area contributed by atoms with Crippen LogP contribution in [0.15, 0.2) is 4.52 Å². The predicted octanol–water partition coefficient (Wildman–Crippen LogP) is 1.19. The monoisotopic (exact) mass is 369 g/mol. The normalized spacial score (nSPS) is 25.1. The fourth-order valence-corrected chi connectivity index (χ4v) is 5.74. The molecule has 4 rings (SSSR count). The summed E-state index contributed by atoms with van der Waals surface area (Å²) in [5.41, 5.74) is 0. The van der Waals surface area contributed by atoms with E-state index in [2.05, 4.69) is 15.0 Å². The highest BCUT2D eigenvalue weighted by Gasteiger charge is 2.34. The number of rotatable bonds is 5. The summed E-state index contributed by atoms with van der Waals surface area (Å²) < 4.78 is 33.9. The third kappa shape index (κ3) is 3.74. The lowest BCUT2D eigenvalue weighted by atomic mass is 10.1. The van der Waals surface area contributed by atoms with Gasteiger partial charge in [-0.15, -0.1) is 0 Å². The van der Waals surface area contributed by atoms with E-state index in [0.29, 0.717) is 51.7 Å². The molecule has 3 heterocycles. The molecule has 2 aliphatic heterocycles. The Morgan fingerprint density at radius 3 is 2.24 bits per heavy atom. The van der Waals surface area contributed by atoms with Crippen molar-refractivity contribution in [3.63, 3.8) is 0 Å². The van der Waals surface area contributed by atoms with Gasteiger partial charge in [0.25, 0.3) is 10.2 Å². The molecular formula is C16H27N5O3S. The smallest absolute Gasteiger partial charge is 0.282 e. The van der Waals surface area contributed by atoms with Crippen LogP contribution < -0.4 is 0 Å². The topological polar surface area (TPSA) is 82.8 Å². The highest BCUT2D eigenvalue weighted by molar-refractivity contribution is 7.86. The van der Waals surface area contributed by atoms with Gasteiger partial charge in [-0.25, -0.2) is 0 Å². The van der Waals surface area contributed by atoms with E-state index in [1.807, 2.05) is 0 Å². The molecule has 1 saturated carbocycles. The summed E-state index contributed by atoms with van der Waals surface area (Å²) in [6, 6.07) is 0. The molecule has 2 saturated heterocycles. The number of aromatic nitrogens is 2. The summed E-state index contributed by atoms with van der Waals surface area (Å²) >= 11 is 0. The second-order valence-electron chi connectivity index (χ2n) is 7.32. The Labute approximate surface area is 149 Å².